The molecular formula is C7H8ClN2O. The zero-order valence-electron chi connectivity index (χ0n) is 6.12. The molecule has 0 aromatic carbocycles. The minimum Gasteiger partial charge on any atom is -0.474 e. The van der Waals surface area contributed by atoms with E-state index in [9.17, 15) is 0 Å². The Kier molecular flexibility index (Phi) is 2.65. The third-order valence-electron chi connectivity index (χ3n) is 0.905. The first-order valence-electron chi connectivity index (χ1n) is 3.16. The van der Waals surface area contributed by atoms with Crippen molar-refractivity contribution in [3.05, 3.63) is 24.5 Å². The second-order valence-corrected chi connectivity index (χ2v) is 2.50. The van der Waals surface area contributed by atoms with Crippen molar-refractivity contribution in [3.63, 3.8) is 0 Å². The number of nitrogens with zero attached hydrogens (tertiary/aromatic N) is 2. The summed E-state index contributed by atoms with van der Waals surface area (Å²) >= 11 is 5.55. The van der Waals surface area contributed by atoms with E-state index in [1.165, 1.54) is 12.4 Å². The minimum absolute atomic E-state index is 0.150. The fraction of sp³-hybridized carbons (Fsp3) is 0.286. The standard InChI is InChI=1S/C7H8ClN2O/c1-5(2)11-7-4-9-3-6(8)10-7/h3-5H,1H2,2H3/t5-/m0/s1. The molecule has 0 saturated carbocycles. The van der Waals surface area contributed by atoms with Gasteiger partial charge in [-0.25, -0.2) is 0 Å². The van der Waals surface area contributed by atoms with Crippen LogP contribution in [0.25, 0.3) is 0 Å². The summed E-state index contributed by atoms with van der Waals surface area (Å²) in [6, 6.07) is 0. The highest BCUT2D eigenvalue weighted by Gasteiger charge is 1.99. The number of aromatic nitrogens is 2. The van der Waals surface area contributed by atoms with E-state index in [1.54, 1.807) is 0 Å². The van der Waals surface area contributed by atoms with Crippen LogP contribution in [0.5, 0.6) is 5.88 Å². The summed E-state index contributed by atoms with van der Waals surface area (Å²) in [6.45, 7) is 5.44. The van der Waals surface area contributed by atoms with Gasteiger partial charge in [0.05, 0.1) is 18.5 Å². The lowest BCUT2D eigenvalue weighted by atomic mass is 10.5. The summed E-state index contributed by atoms with van der Waals surface area (Å²) in [5.74, 6) is 0.403. The van der Waals surface area contributed by atoms with Gasteiger partial charge in [0.2, 0.25) is 5.88 Å². The molecule has 1 rings (SSSR count). The van der Waals surface area contributed by atoms with E-state index in [0.717, 1.165) is 0 Å². The van der Waals surface area contributed by atoms with Crippen LogP contribution in [0.15, 0.2) is 12.4 Å². The summed E-state index contributed by atoms with van der Waals surface area (Å²) in [5.41, 5.74) is 0. The average molecular weight is 172 g/mol. The van der Waals surface area contributed by atoms with Crippen LogP contribution in [0.4, 0.5) is 0 Å². The van der Waals surface area contributed by atoms with Gasteiger partial charge in [-0.2, -0.15) is 4.98 Å². The van der Waals surface area contributed by atoms with E-state index < -0.39 is 0 Å². The smallest absolute Gasteiger partial charge is 0.233 e. The molecule has 0 N–H and O–H groups in total. The second-order valence-electron chi connectivity index (χ2n) is 2.11. The molecule has 59 valence electrons. The SMILES string of the molecule is [CH2][C@@H](C)Oc1cncc(Cl)n1. The van der Waals surface area contributed by atoms with Crippen LogP contribution < -0.4 is 4.74 Å². The third-order valence-corrected chi connectivity index (χ3v) is 1.09. The fourth-order valence-electron chi connectivity index (χ4n) is 0.588. The maximum absolute atomic E-state index is 5.55. The monoisotopic (exact) mass is 171 g/mol. The highest BCUT2D eigenvalue weighted by atomic mass is 35.5. The Morgan fingerprint density at radius 2 is 2.36 bits per heavy atom. The van der Waals surface area contributed by atoms with E-state index in [4.69, 9.17) is 16.3 Å². The molecule has 0 unspecified atom stereocenters. The van der Waals surface area contributed by atoms with Crippen LogP contribution in [-0.2, 0) is 0 Å². The molecule has 1 radical (unpaired) electrons. The highest BCUT2D eigenvalue weighted by molar-refractivity contribution is 6.29. The highest BCUT2D eigenvalue weighted by Crippen LogP contribution is 2.09. The Bertz CT molecular complexity index is 240. The normalized spacial score (nSPS) is 10.2. The number of ether oxygens (including phenoxy) is 1. The quantitative estimate of drug-likeness (QED) is 0.680. The Labute approximate surface area is 70.4 Å². The summed E-state index contributed by atoms with van der Waals surface area (Å²) < 4.78 is 5.13. The Morgan fingerprint density at radius 3 is 2.91 bits per heavy atom. The lowest BCUT2D eigenvalue weighted by Crippen LogP contribution is -2.07. The average Bonchev–Trinajstić information content (AvgIpc) is 1.85. The van der Waals surface area contributed by atoms with E-state index in [0.29, 0.717) is 11.0 Å². The van der Waals surface area contributed by atoms with Gasteiger partial charge in [-0.1, -0.05) is 11.6 Å². The van der Waals surface area contributed by atoms with Gasteiger partial charge in [-0.3, -0.25) is 4.98 Å². The Balaban J connectivity index is 2.71. The maximum atomic E-state index is 5.55. The van der Waals surface area contributed by atoms with Crippen LogP contribution in [-0.4, -0.2) is 16.1 Å². The van der Waals surface area contributed by atoms with E-state index >= 15 is 0 Å². The predicted molar refractivity (Wildman–Crippen MR) is 42.5 cm³/mol. The van der Waals surface area contributed by atoms with Gasteiger partial charge < -0.3 is 4.74 Å². The number of hydrogen-bond donors (Lipinski definition) is 0. The van der Waals surface area contributed by atoms with E-state index in [2.05, 4.69) is 16.9 Å². The van der Waals surface area contributed by atoms with Crippen molar-refractivity contribution in [2.45, 2.75) is 13.0 Å². The molecule has 1 atom stereocenters. The van der Waals surface area contributed by atoms with E-state index in [1.807, 2.05) is 6.92 Å². The third kappa shape index (κ3) is 2.72. The molecule has 11 heavy (non-hydrogen) atoms. The van der Waals surface area contributed by atoms with Crippen molar-refractivity contribution in [2.24, 2.45) is 0 Å². The van der Waals surface area contributed by atoms with Gasteiger partial charge in [0.25, 0.3) is 0 Å². The van der Waals surface area contributed by atoms with Crippen molar-refractivity contribution in [1.82, 2.24) is 9.97 Å². The molecule has 0 aliphatic rings. The van der Waals surface area contributed by atoms with Crippen molar-refractivity contribution < 1.29 is 4.74 Å². The molecular weight excluding hydrogens is 164 g/mol. The first-order chi connectivity index (χ1) is 5.18. The van der Waals surface area contributed by atoms with Crippen LogP contribution in [0.3, 0.4) is 0 Å². The van der Waals surface area contributed by atoms with Gasteiger partial charge in [0.1, 0.15) is 0 Å². The Morgan fingerprint density at radius 1 is 1.64 bits per heavy atom. The molecule has 1 aromatic heterocycles. The van der Waals surface area contributed by atoms with Crippen molar-refractivity contribution in [3.8, 4) is 5.88 Å². The first-order valence-corrected chi connectivity index (χ1v) is 3.53. The van der Waals surface area contributed by atoms with Gasteiger partial charge in [-0.05, 0) is 13.8 Å². The van der Waals surface area contributed by atoms with Crippen LogP contribution >= 0.6 is 11.6 Å². The lowest BCUT2D eigenvalue weighted by molar-refractivity contribution is 0.255. The van der Waals surface area contributed by atoms with Crippen LogP contribution in [0.1, 0.15) is 6.92 Å². The molecule has 0 saturated heterocycles. The molecule has 3 nitrogen and oxygen atoms in total. The summed E-state index contributed by atoms with van der Waals surface area (Å²) in [6.07, 6.45) is 2.79. The molecule has 0 aliphatic carbocycles. The molecule has 0 aliphatic heterocycles. The zero-order valence-corrected chi connectivity index (χ0v) is 6.88. The lowest BCUT2D eigenvalue weighted by Gasteiger charge is -2.06. The van der Waals surface area contributed by atoms with Crippen molar-refractivity contribution in [2.75, 3.05) is 0 Å². The Hall–Kier alpha value is -0.830. The molecule has 0 amide bonds. The number of halogens is 1. The molecule has 0 fully saturated rings. The maximum Gasteiger partial charge on any atom is 0.233 e. The fourth-order valence-corrected chi connectivity index (χ4v) is 0.728. The van der Waals surface area contributed by atoms with Crippen molar-refractivity contribution in [1.29, 1.82) is 0 Å². The topological polar surface area (TPSA) is 35.0 Å². The van der Waals surface area contributed by atoms with Gasteiger partial charge in [0, 0.05) is 0 Å². The molecule has 1 heterocycles. The van der Waals surface area contributed by atoms with Crippen LogP contribution in [0, 0.1) is 6.92 Å². The number of hydrogen-bond acceptors (Lipinski definition) is 3. The number of rotatable bonds is 2. The largest absolute Gasteiger partial charge is 0.474 e. The summed E-state index contributed by atoms with van der Waals surface area (Å²) in [7, 11) is 0. The zero-order chi connectivity index (χ0) is 8.27. The van der Waals surface area contributed by atoms with Gasteiger partial charge in [0.15, 0.2) is 5.15 Å². The van der Waals surface area contributed by atoms with E-state index in [-0.39, 0.29) is 6.10 Å². The predicted octanol–water partition coefficient (Wildman–Crippen LogP) is 1.73. The molecule has 0 bridgehead atoms. The molecule has 0 spiro atoms. The summed E-state index contributed by atoms with van der Waals surface area (Å²) in [4.78, 5) is 7.64. The van der Waals surface area contributed by atoms with Gasteiger partial charge >= 0.3 is 0 Å². The molecule has 1 aromatic rings. The van der Waals surface area contributed by atoms with Crippen LogP contribution in [0.2, 0.25) is 5.15 Å². The molecule has 4 heteroatoms. The minimum atomic E-state index is -0.150. The van der Waals surface area contributed by atoms with Crippen molar-refractivity contribution >= 4 is 11.6 Å². The van der Waals surface area contributed by atoms with Gasteiger partial charge in [-0.15, -0.1) is 0 Å². The second kappa shape index (κ2) is 3.53. The summed E-state index contributed by atoms with van der Waals surface area (Å²) in [5, 5.41) is 0.322. The first kappa shape index (κ1) is 8.27.